The van der Waals surface area contributed by atoms with E-state index in [4.69, 9.17) is 0 Å². The normalized spacial score (nSPS) is 15.3. The van der Waals surface area contributed by atoms with Gasteiger partial charge in [0.1, 0.15) is 5.82 Å². The molecular weight excluding hydrogens is 363 g/mol. The van der Waals surface area contributed by atoms with E-state index in [2.05, 4.69) is 21.6 Å². The summed E-state index contributed by atoms with van der Waals surface area (Å²) in [6, 6.07) is 6.14. The lowest BCUT2D eigenvalue weighted by Crippen LogP contribution is -2.32. The topological polar surface area (TPSA) is 59.8 Å². The molecule has 144 valence electrons. The van der Waals surface area contributed by atoms with E-state index in [1.165, 1.54) is 42.3 Å². The van der Waals surface area contributed by atoms with Crippen LogP contribution in [0.25, 0.3) is 11.4 Å². The maximum absolute atomic E-state index is 13.1. The first-order chi connectivity index (χ1) is 13.0. The number of amides is 1. The van der Waals surface area contributed by atoms with Gasteiger partial charge in [0.15, 0.2) is 11.0 Å². The Labute approximate surface area is 163 Å². The van der Waals surface area contributed by atoms with Gasteiger partial charge in [-0.3, -0.25) is 4.79 Å². The molecule has 1 N–H and O–H groups in total. The molecule has 1 heterocycles. The molecule has 0 aliphatic heterocycles. The van der Waals surface area contributed by atoms with E-state index < -0.39 is 0 Å². The first kappa shape index (κ1) is 19.6. The van der Waals surface area contributed by atoms with Gasteiger partial charge in [0.2, 0.25) is 5.91 Å². The van der Waals surface area contributed by atoms with E-state index in [9.17, 15) is 9.18 Å². The molecule has 1 amide bonds. The molecule has 0 saturated heterocycles. The van der Waals surface area contributed by atoms with Crippen LogP contribution in [-0.2, 0) is 11.8 Å². The molecule has 1 atom stereocenters. The van der Waals surface area contributed by atoms with Gasteiger partial charge in [0, 0.05) is 19.2 Å². The molecule has 1 aliphatic carbocycles. The summed E-state index contributed by atoms with van der Waals surface area (Å²) in [6.45, 7) is 2.54. The molecule has 0 bridgehead atoms. The Morgan fingerprint density at radius 3 is 2.78 bits per heavy atom. The van der Waals surface area contributed by atoms with E-state index >= 15 is 0 Å². The van der Waals surface area contributed by atoms with Gasteiger partial charge in [-0.05, 0) is 63.3 Å². The van der Waals surface area contributed by atoms with Crippen molar-refractivity contribution in [1.29, 1.82) is 0 Å². The Bertz CT molecular complexity index is 816. The summed E-state index contributed by atoms with van der Waals surface area (Å²) in [5, 5.41) is 11.8. The number of halogens is 1. The minimum absolute atomic E-state index is 0.00254. The molecule has 0 saturated carbocycles. The zero-order valence-corrected chi connectivity index (χ0v) is 16.6. The Kier molecular flexibility index (Phi) is 6.66. The fourth-order valence-corrected chi connectivity index (χ4v) is 3.94. The van der Waals surface area contributed by atoms with Gasteiger partial charge in [-0.2, -0.15) is 0 Å². The highest BCUT2D eigenvalue weighted by atomic mass is 32.2. The molecular formula is C20H25FN4OS. The Morgan fingerprint density at radius 1 is 1.30 bits per heavy atom. The second-order valence-electron chi connectivity index (χ2n) is 6.78. The number of nitrogens with zero attached hydrogens (tertiary/aromatic N) is 3. The molecule has 0 unspecified atom stereocenters. The minimum atomic E-state index is -0.287. The number of carbonyl (C=O) groups is 1. The summed E-state index contributed by atoms with van der Waals surface area (Å²) in [5.74, 6) is 0.363. The van der Waals surface area contributed by atoms with Crippen molar-refractivity contribution in [2.24, 2.45) is 7.05 Å². The number of nitrogens with one attached hydrogen (secondary N) is 1. The van der Waals surface area contributed by atoms with Gasteiger partial charge in [0.25, 0.3) is 0 Å². The molecule has 1 aliphatic rings. The van der Waals surface area contributed by atoms with Crippen molar-refractivity contribution in [3.8, 4) is 11.4 Å². The zero-order valence-electron chi connectivity index (χ0n) is 15.7. The number of allylic oxidation sites excluding steroid dienone is 1. The van der Waals surface area contributed by atoms with E-state index in [-0.39, 0.29) is 17.0 Å². The fourth-order valence-electron chi connectivity index (χ4n) is 3.10. The standard InChI is InChI=1S/C20H25FN4OS/c1-14(19(26)22-13-12-15-6-4-3-5-7-15)27-20-24-23-18(25(20)2)16-8-10-17(21)11-9-16/h6,8-11,14H,3-5,7,12-13H2,1-2H3,(H,22,26)/t14-/m0/s1. The van der Waals surface area contributed by atoms with Crippen LogP contribution in [0.1, 0.15) is 39.0 Å². The molecule has 0 radical (unpaired) electrons. The molecule has 5 nitrogen and oxygen atoms in total. The van der Waals surface area contributed by atoms with Crippen LogP contribution in [0.4, 0.5) is 4.39 Å². The van der Waals surface area contributed by atoms with Crippen LogP contribution in [0.2, 0.25) is 0 Å². The van der Waals surface area contributed by atoms with Gasteiger partial charge < -0.3 is 9.88 Å². The highest BCUT2D eigenvalue weighted by Crippen LogP contribution is 2.26. The van der Waals surface area contributed by atoms with E-state index in [0.717, 1.165) is 24.8 Å². The average Bonchev–Trinajstić information content (AvgIpc) is 3.03. The summed E-state index contributed by atoms with van der Waals surface area (Å²) < 4.78 is 14.9. The van der Waals surface area contributed by atoms with E-state index in [0.29, 0.717) is 17.5 Å². The lowest BCUT2D eigenvalue weighted by Gasteiger charge is -2.14. The lowest BCUT2D eigenvalue weighted by atomic mass is 9.97. The molecule has 3 rings (SSSR count). The van der Waals surface area contributed by atoms with Gasteiger partial charge in [-0.1, -0.05) is 23.4 Å². The molecule has 27 heavy (non-hydrogen) atoms. The summed E-state index contributed by atoms with van der Waals surface area (Å²) in [4.78, 5) is 12.4. The summed E-state index contributed by atoms with van der Waals surface area (Å²) in [5.41, 5.74) is 2.25. The number of aromatic nitrogens is 3. The fraction of sp³-hybridized carbons (Fsp3) is 0.450. The van der Waals surface area contributed by atoms with Crippen LogP contribution in [0.5, 0.6) is 0 Å². The first-order valence-corrected chi connectivity index (χ1v) is 10.2. The highest BCUT2D eigenvalue weighted by molar-refractivity contribution is 8.00. The number of thioether (sulfide) groups is 1. The van der Waals surface area contributed by atoms with Crippen LogP contribution < -0.4 is 5.32 Å². The number of rotatable bonds is 7. The average molecular weight is 389 g/mol. The van der Waals surface area contributed by atoms with Gasteiger partial charge in [-0.15, -0.1) is 10.2 Å². The number of benzene rings is 1. The summed E-state index contributed by atoms with van der Waals surface area (Å²) in [6.07, 6.45) is 8.10. The van der Waals surface area contributed by atoms with Crippen LogP contribution in [-0.4, -0.2) is 32.5 Å². The van der Waals surface area contributed by atoms with Crippen LogP contribution in [0.3, 0.4) is 0 Å². The maximum Gasteiger partial charge on any atom is 0.233 e. The number of carbonyl (C=O) groups excluding carboxylic acids is 1. The first-order valence-electron chi connectivity index (χ1n) is 9.32. The third-order valence-corrected chi connectivity index (χ3v) is 5.85. The van der Waals surface area contributed by atoms with Crippen molar-refractivity contribution in [1.82, 2.24) is 20.1 Å². The number of hydrogen-bond donors (Lipinski definition) is 1. The van der Waals surface area contributed by atoms with Crippen molar-refractivity contribution < 1.29 is 9.18 Å². The molecule has 2 aromatic rings. The van der Waals surface area contributed by atoms with Crippen molar-refractivity contribution in [3.05, 3.63) is 41.7 Å². The van der Waals surface area contributed by atoms with Crippen LogP contribution in [0, 0.1) is 5.82 Å². The monoisotopic (exact) mass is 388 g/mol. The summed E-state index contributed by atoms with van der Waals surface area (Å²) >= 11 is 1.37. The smallest absolute Gasteiger partial charge is 0.233 e. The Hall–Kier alpha value is -2.15. The predicted octanol–water partition coefficient (Wildman–Crippen LogP) is 4.11. The maximum atomic E-state index is 13.1. The molecule has 0 fully saturated rings. The van der Waals surface area contributed by atoms with E-state index in [1.54, 1.807) is 12.1 Å². The molecule has 1 aromatic heterocycles. The number of hydrogen-bond acceptors (Lipinski definition) is 4. The second-order valence-corrected chi connectivity index (χ2v) is 8.09. The van der Waals surface area contributed by atoms with Crippen LogP contribution in [0.15, 0.2) is 41.1 Å². The molecule has 1 aromatic carbocycles. The Balaban J connectivity index is 1.54. The summed E-state index contributed by atoms with van der Waals surface area (Å²) in [7, 11) is 1.85. The van der Waals surface area contributed by atoms with Gasteiger partial charge >= 0.3 is 0 Å². The SMILES string of the molecule is C[C@H](Sc1nnc(-c2ccc(F)cc2)n1C)C(=O)NCCC1=CCCCC1. The largest absolute Gasteiger partial charge is 0.355 e. The lowest BCUT2D eigenvalue weighted by molar-refractivity contribution is -0.120. The third kappa shape index (κ3) is 5.19. The van der Waals surface area contributed by atoms with Gasteiger partial charge in [-0.25, -0.2) is 4.39 Å². The van der Waals surface area contributed by atoms with Crippen LogP contribution >= 0.6 is 11.8 Å². The van der Waals surface area contributed by atoms with Crippen molar-refractivity contribution in [2.75, 3.05) is 6.54 Å². The highest BCUT2D eigenvalue weighted by Gasteiger charge is 2.19. The Morgan fingerprint density at radius 2 is 2.07 bits per heavy atom. The third-order valence-electron chi connectivity index (χ3n) is 4.72. The van der Waals surface area contributed by atoms with Crippen molar-refractivity contribution in [2.45, 2.75) is 49.4 Å². The van der Waals surface area contributed by atoms with Crippen molar-refractivity contribution in [3.63, 3.8) is 0 Å². The predicted molar refractivity (Wildman–Crippen MR) is 106 cm³/mol. The molecule has 7 heteroatoms. The quantitative estimate of drug-likeness (QED) is 0.573. The van der Waals surface area contributed by atoms with Gasteiger partial charge in [0.05, 0.1) is 5.25 Å². The minimum Gasteiger partial charge on any atom is -0.355 e. The zero-order chi connectivity index (χ0) is 19.2. The van der Waals surface area contributed by atoms with E-state index in [1.807, 2.05) is 18.5 Å². The molecule has 0 spiro atoms. The van der Waals surface area contributed by atoms with Crippen molar-refractivity contribution >= 4 is 17.7 Å². The second kappa shape index (κ2) is 9.17.